The molecule has 4 rings (SSSR count). The van der Waals surface area contributed by atoms with Gasteiger partial charge in [-0.25, -0.2) is 0 Å². The zero-order chi connectivity index (χ0) is 22.2. The van der Waals surface area contributed by atoms with Crippen molar-refractivity contribution < 1.29 is 9.53 Å². The van der Waals surface area contributed by atoms with Gasteiger partial charge < -0.3 is 4.74 Å². The third-order valence-corrected chi connectivity index (χ3v) is 10.6. The van der Waals surface area contributed by atoms with Crippen molar-refractivity contribution in [3.63, 3.8) is 0 Å². The molecule has 0 saturated heterocycles. The zero-order valence-corrected chi connectivity index (χ0v) is 20.8. The van der Waals surface area contributed by atoms with E-state index in [0.717, 1.165) is 35.2 Å². The number of carbonyl (C=O) groups excluding carboxylic acids is 1. The van der Waals surface area contributed by atoms with Crippen LogP contribution in [0.1, 0.15) is 98.8 Å². The van der Waals surface area contributed by atoms with E-state index in [0.29, 0.717) is 23.4 Å². The molecule has 1 unspecified atom stereocenters. The number of hydrogen-bond acceptors (Lipinski definition) is 2. The van der Waals surface area contributed by atoms with Crippen molar-refractivity contribution in [3.8, 4) is 0 Å². The van der Waals surface area contributed by atoms with Gasteiger partial charge >= 0.3 is 5.97 Å². The Bertz CT molecular complexity index is 720. The Morgan fingerprint density at radius 2 is 1.74 bits per heavy atom. The van der Waals surface area contributed by atoms with Crippen LogP contribution in [0.15, 0.2) is 23.8 Å². The van der Waals surface area contributed by atoms with Gasteiger partial charge in [-0.05, 0) is 110 Å². The lowest BCUT2D eigenvalue weighted by molar-refractivity contribution is -0.139. The van der Waals surface area contributed by atoms with E-state index in [1.54, 1.807) is 0 Å². The molecule has 4 saturated carbocycles. The summed E-state index contributed by atoms with van der Waals surface area (Å²) in [6.45, 7) is 11.7. The SMILES string of the molecule is CC(=O)OCC(C)=CC=C[C@@H](C)[C@H]1CC[C@H]2[C@@H]3CCC4CCCC[C@]4(C)[C@H]3CC[C@]12C. The van der Waals surface area contributed by atoms with E-state index in [1.807, 2.05) is 6.92 Å². The molecule has 0 spiro atoms. The first kappa shape index (κ1) is 23.1. The summed E-state index contributed by atoms with van der Waals surface area (Å²) in [6, 6.07) is 0. The minimum Gasteiger partial charge on any atom is -0.461 e. The van der Waals surface area contributed by atoms with Crippen molar-refractivity contribution in [3.05, 3.63) is 23.8 Å². The minimum atomic E-state index is -0.207. The van der Waals surface area contributed by atoms with E-state index in [4.69, 9.17) is 4.74 Å². The quantitative estimate of drug-likeness (QED) is 0.332. The van der Waals surface area contributed by atoms with Crippen molar-refractivity contribution >= 4 is 5.97 Å². The number of carbonyl (C=O) groups is 1. The average molecular weight is 427 g/mol. The molecule has 0 aromatic carbocycles. The number of esters is 1. The molecule has 0 aliphatic heterocycles. The molecule has 4 aliphatic rings. The van der Waals surface area contributed by atoms with Gasteiger partial charge in [0.2, 0.25) is 0 Å². The van der Waals surface area contributed by atoms with Crippen molar-refractivity contribution in [2.24, 2.45) is 46.3 Å². The predicted molar refractivity (Wildman–Crippen MR) is 129 cm³/mol. The van der Waals surface area contributed by atoms with E-state index in [-0.39, 0.29) is 5.97 Å². The lowest BCUT2D eigenvalue weighted by Crippen LogP contribution is -2.53. The summed E-state index contributed by atoms with van der Waals surface area (Å²) in [5.41, 5.74) is 2.28. The van der Waals surface area contributed by atoms with E-state index in [9.17, 15) is 4.79 Å². The summed E-state index contributed by atoms with van der Waals surface area (Å²) in [7, 11) is 0. The maximum atomic E-state index is 11.0. The van der Waals surface area contributed by atoms with Gasteiger partial charge in [-0.1, -0.05) is 51.8 Å². The molecule has 0 N–H and O–H groups in total. The first-order valence-electron chi connectivity index (χ1n) is 13.2. The second-order valence-corrected chi connectivity index (χ2v) is 12.2. The maximum Gasteiger partial charge on any atom is 0.302 e. The highest BCUT2D eigenvalue weighted by Gasteiger charge is 2.59. The fourth-order valence-electron chi connectivity index (χ4n) is 8.99. The second-order valence-electron chi connectivity index (χ2n) is 12.2. The maximum absolute atomic E-state index is 11.0. The minimum absolute atomic E-state index is 0.207. The molecule has 2 heteroatoms. The highest BCUT2D eigenvalue weighted by molar-refractivity contribution is 5.66. The summed E-state index contributed by atoms with van der Waals surface area (Å²) < 4.78 is 5.10. The van der Waals surface area contributed by atoms with Gasteiger partial charge in [-0.2, -0.15) is 0 Å². The molecule has 0 amide bonds. The van der Waals surface area contributed by atoms with Gasteiger partial charge in [0, 0.05) is 6.92 Å². The molecular formula is C29H46O2. The predicted octanol–water partition coefficient (Wildman–Crippen LogP) is 7.74. The topological polar surface area (TPSA) is 26.3 Å². The molecule has 2 nitrogen and oxygen atoms in total. The van der Waals surface area contributed by atoms with Crippen LogP contribution in [-0.4, -0.2) is 12.6 Å². The molecule has 31 heavy (non-hydrogen) atoms. The van der Waals surface area contributed by atoms with Crippen LogP contribution in [0, 0.1) is 46.3 Å². The van der Waals surface area contributed by atoms with Crippen LogP contribution in [0.3, 0.4) is 0 Å². The summed E-state index contributed by atoms with van der Waals surface area (Å²) in [5.74, 6) is 5.19. The Kier molecular flexibility index (Phi) is 6.76. The number of fused-ring (bicyclic) bond motifs is 5. The Balaban J connectivity index is 1.43. The van der Waals surface area contributed by atoms with E-state index in [2.05, 4.69) is 39.0 Å². The highest BCUT2D eigenvalue weighted by atomic mass is 16.5. The summed E-state index contributed by atoms with van der Waals surface area (Å²) in [4.78, 5) is 11.0. The fourth-order valence-corrected chi connectivity index (χ4v) is 8.99. The number of allylic oxidation sites excluding steroid dienone is 3. The van der Waals surface area contributed by atoms with Gasteiger partial charge in [0.1, 0.15) is 6.61 Å². The fraction of sp³-hybridized carbons (Fsp3) is 0.828. The summed E-state index contributed by atoms with van der Waals surface area (Å²) in [5, 5.41) is 0. The van der Waals surface area contributed by atoms with Crippen LogP contribution in [0.5, 0.6) is 0 Å². The van der Waals surface area contributed by atoms with Crippen LogP contribution in [0.4, 0.5) is 0 Å². The lowest BCUT2D eigenvalue weighted by Gasteiger charge is -2.60. The van der Waals surface area contributed by atoms with Crippen LogP contribution in [0.2, 0.25) is 0 Å². The number of ether oxygens (including phenoxy) is 1. The lowest BCUT2D eigenvalue weighted by atomic mass is 9.44. The Labute approximate surface area is 191 Å². The zero-order valence-electron chi connectivity index (χ0n) is 20.8. The van der Waals surface area contributed by atoms with Gasteiger partial charge in [-0.15, -0.1) is 0 Å². The number of rotatable bonds is 5. The molecule has 0 aromatic heterocycles. The first-order valence-corrected chi connectivity index (χ1v) is 13.2. The Hall–Kier alpha value is -1.05. The Morgan fingerprint density at radius 1 is 0.968 bits per heavy atom. The highest BCUT2D eigenvalue weighted by Crippen LogP contribution is 2.68. The van der Waals surface area contributed by atoms with Crippen LogP contribution in [-0.2, 0) is 9.53 Å². The molecule has 0 heterocycles. The van der Waals surface area contributed by atoms with Crippen LogP contribution < -0.4 is 0 Å². The third kappa shape index (κ3) is 4.30. The monoisotopic (exact) mass is 426 g/mol. The van der Waals surface area contributed by atoms with Crippen LogP contribution >= 0.6 is 0 Å². The first-order chi connectivity index (χ1) is 14.8. The van der Waals surface area contributed by atoms with Crippen molar-refractivity contribution in [1.29, 1.82) is 0 Å². The summed E-state index contributed by atoms with van der Waals surface area (Å²) in [6.07, 6.45) is 21.6. The molecule has 8 atom stereocenters. The normalized spacial score (nSPS) is 43.8. The standard InChI is InChI=1S/C29H46O2/c1-20(19-31-22(3)30)9-8-10-21(2)25-14-15-26-24-13-12-23-11-6-7-17-28(23,4)27(24)16-18-29(25,26)5/h8-10,21,23-27H,6-7,11-19H2,1-5H3/t21-,23?,24+,25-,26+,27+,28+,29-/m1/s1. The Morgan fingerprint density at radius 3 is 2.52 bits per heavy atom. The number of hydrogen-bond donors (Lipinski definition) is 0. The third-order valence-electron chi connectivity index (χ3n) is 10.6. The van der Waals surface area contributed by atoms with Gasteiger partial charge in [0.25, 0.3) is 0 Å². The molecule has 0 aromatic rings. The van der Waals surface area contributed by atoms with Gasteiger partial charge in [-0.3, -0.25) is 4.79 Å². The molecule has 0 bridgehead atoms. The summed E-state index contributed by atoms with van der Waals surface area (Å²) >= 11 is 0. The second kappa shape index (κ2) is 9.06. The smallest absolute Gasteiger partial charge is 0.302 e. The van der Waals surface area contributed by atoms with E-state index < -0.39 is 0 Å². The van der Waals surface area contributed by atoms with Crippen molar-refractivity contribution in [1.82, 2.24) is 0 Å². The van der Waals surface area contributed by atoms with Gasteiger partial charge in [0.15, 0.2) is 0 Å². The van der Waals surface area contributed by atoms with Crippen LogP contribution in [0.25, 0.3) is 0 Å². The van der Waals surface area contributed by atoms with E-state index >= 15 is 0 Å². The molecule has 4 aliphatic carbocycles. The van der Waals surface area contributed by atoms with Crippen molar-refractivity contribution in [2.75, 3.05) is 6.61 Å². The van der Waals surface area contributed by atoms with Gasteiger partial charge in [0.05, 0.1) is 0 Å². The molecule has 174 valence electrons. The molecule has 4 fully saturated rings. The average Bonchev–Trinajstić information content (AvgIpc) is 3.09. The molecule has 0 radical (unpaired) electrons. The van der Waals surface area contributed by atoms with Crippen molar-refractivity contribution in [2.45, 2.75) is 98.8 Å². The molecular weight excluding hydrogens is 380 g/mol. The largest absolute Gasteiger partial charge is 0.461 e. The van der Waals surface area contributed by atoms with E-state index in [1.165, 1.54) is 71.1 Å².